The number of rotatable bonds is 12. The standard InChI is InChI=1S/C21H29NO7/c1-4-7-12-21(19(26)28-5-2,20(27)29-6-3)13-11-17(23)22-16-10-8-9-15(14-16)18(24)25/h8-10,14H,4-7,11-13H2,1-3H3,(H,22,23)(H,24,25). The first-order valence-electron chi connectivity index (χ1n) is 9.78. The highest BCUT2D eigenvalue weighted by Gasteiger charge is 2.48. The van der Waals surface area contributed by atoms with Crippen LogP contribution in [-0.4, -0.2) is 42.1 Å². The largest absolute Gasteiger partial charge is 0.478 e. The van der Waals surface area contributed by atoms with E-state index in [1.54, 1.807) is 19.9 Å². The molecule has 0 heterocycles. The molecule has 0 saturated carbocycles. The summed E-state index contributed by atoms with van der Waals surface area (Å²) < 4.78 is 10.3. The molecule has 29 heavy (non-hydrogen) atoms. The SMILES string of the molecule is CCCCC(CCC(=O)Nc1cccc(C(=O)O)c1)(C(=O)OCC)C(=O)OCC. The van der Waals surface area contributed by atoms with Gasteiger partial charge in [-0.15, -0.1) is 0 Å². The maximum absolute atomic E-state index is 12.7. The molecule has 8 heteroatoms. The van der Waals surface area contributed by atoms with Gasteiger partial charge >= 0.3 is 17.9 Å². The topological polar surface area (TPSA) is 119 Å². The summed E-state index contributed by atoms with van der Waals surface area (Å²) in [5, 5.41) is 11.6. The molecule has 2 N–H and O–H groups in total. The van der Waals surface area contributed by atoms with Crippen molar-refractivity contribution in [3.05, 3.63) is 29.8 Å². The number of benzene rings is 1. The van der Waals surface area contributed by atoms with Gasteiger partial charge in [0, 0.05) is 12.1 Å². The molecule has 0 radical (unpaired) electrons. The van der Waals surface area contributed by atoms with E-state index in [2.05, 4.69) is 5.32 Å². The van der Waals surface area contributed by atoms with Gasteiger partial charge in [-0.05, 0) is 44.9 Å². The molecular formula is C21H29NO7. The Labute approximate surface area is 170 Å². The van der Waals surface area contributed by atoms with Crippen LogP contribution >= 0.6 is 0 Å². The maximum Gasteiger partial charge on any atom is 0.335 e. The third kappa shape index (κ3) is 6.89. The molecule has 0 spiro atoms. The Hall–Kier alpha value is -2.90. The first kappa shape index (κ1) is 24.1. The number of aromatic carboxylic acids is 1. The molecule has 0 aromatic heterocycles. The Morgan fingerprint density at radius 2 is 1.62 bits per heavy atom. The predicted octanol–water partition coefficient (Wildman–Crippen LogP) is 3.41. The molecule has 0 fully saturated rings. The summed E-state index contributed by atoms with van der Waals surface area (Å²) >= 11 is 0. The number of hydrogen-bond donors (Lipinski definition) is 2. The highest BCUT2D eigenvalue weighted by Crippen LogP contribution is 2.34. The molecule has 0 saturated heterocycles. The lowest BCUT2D eigenvalue weighted by Gasteiger charge is -2.29. The van der Waals surface area contributed by atoms with Crippen LogP contribution in [0.25, 0.3) is 0 Å². The summed E-state index contributed by atoms with van der Waals surface area (Å²) in [7, 11) is 0. The van der Waals surface area contributed by atoms with Crippen molar-refractivity contribution in [3.63, 3.8) is 0 Å². The van der Waals surface area contributed by atoms with E-state index in [0.717, 1.165) is 6.42 Å². The molecule has 1 rings (SSSR count). The fraction of sp³-hybridized carbons (Fsp3) is 0.524. The number of nitrogens with one attached hydrogen (secondary N) is 1. The van der Waals surface area contributed by atoms with Gasteiger partial charge in [0.2, 0.25) is 5.91 Å². The van der Waals surface area contributed by atoms with E-state index in [9.17, 15) is 19.2 Å². The summed E-state index contributed by atoms with van der Waals surface area (Å²) in [6.07, 6.45) is 1.39. The number of amides is 1. The van der Waals surface area contributed by atoms with E-state index < -0.39 is 29.2 Å². The molecule has 1 aromatic rings. The van der Waals surface area contributed by atoms with E-state index in [0.29, 0.717) is 12.1 Å². The van der Waals surface area contributed by atoms with Gasteiger partial charge in [0.25, 0.3) is 0 Å². The van der Waals surface area contributed by atoms with E-state index in [1.807, 2.05) is 6.92 Å². The molecule has 0 unspecified atom stereocenters. The predicted molar refractivity (Wildman–Crippen MR) is 106 cm³/mol. The molecule has 160 valence electrons. The van der Waals surface area contributed by atoms with Crippen molar-refractivity contribution in [2.24, 2.45) is 5.41 Å². The van der Waals surface area contributed by atoms with Crippen LogP contribution in [0.3, 0.4) is 0 Å². The smallest absolute Gasteiger partial charge is 0.335 e. The number of ether oxygens (including phenoxy) is 2. The normalized spacial score (nSPS) is 10.9. The Morgan fingerprint density at radius 3 is 2.14 bits per heavy atom. The number of carbonyl (C=O) groups excluding carboxylic acids is 3. The molecule has 1 aromatic carbocycles. The highest BCUT2D eigenvalue weighted by atomic mass is 16.6. The molecule has 0 aliphatic rings. The number of carboxylic acid groups (broad SMARTS) is 1. The second-order valence-corrected chi connectivity index (χ2v) is 6.56. The highest BCUT2D eigenvalue weighted by molar-refractivity contribution is 6.01. The Morgan fingerprint density at radius 1 is 1.00 bits per heavy atom. The van der Waals surface area contributed by atoms with Gasteiger partial charge in [0.05, 0.1) is 18.8 Å². The van der Waals surface area contributed by atoms with E-state index in [-0.39, 0.29) is 38.0 Å². The fourth-order valence-electron chi connectivity index (χ4n) is 2.91. The van der Waals surface area contributed by atoms with E-state index in [4.69, 9.17) is 14.6 Å². The average molecular weight is 407 g/mol. The van der Waals surface area contributed by atoms with Crippen molar-refractivity contribution in [1.29, 1.82) is 0 Å². The monoisotopic (exact) mass is 407 g/mol. The number of anilines is 1. The quantitative estimate of drug-likeness (QED) is 0.402. The summed E-state index contributed by atoms with van der Waals surface area (Å²) in [6, 6.07) is 5.82. The van der Waals surface area contributed by atoms with Crippen molar-refractivity contribution in [1.82, 2.24) is 0 Å². The summed E-state index contributed by atoms with van der Waals surface area (Å²) in [4.78, 5) is 48.8. The third-order valence-electron chi connectivity index (χ3n) is 4.46. The maximum atomic E-state index is 12.7. The van der Waals surface area contributed by atoms with E-state index in [1.165, 1.54) is 18.2 Å². The number of esters is 2. The average Bonchev–Trinajstić information content (AvgIpc) is 2.68. The van der Waals surface area contributed by atoms with Crippen LogP contribution in [0.2, 0.25) is 0 Å². The second-order valence-electron chi connectivity index (χ2n) is 6.56. The molecule has 0 bridgehead atoms. The zero-order valence-electron chi connectivity index (χ0n) is 17.2. The lowest BCUT2D eigenvalue weighted by Crippen LogP contribution is -2.43. The van der Waals surface area contributed by atoms with Crippen molar-refractivity contribution in [3.8, 4) is 0 Å². The fourth-order valence-corrected chi connectivity index (χ4v) is 2.91. The van der Waals surface area contributed by atoms with Gasteiger partial charge in [-0.3, -0.25) is 14.4 Å². The van der Waals surface area contributed by atoms with Crippen LogP contribution in [0.5, 0.6) is 0 Å². The first-order chi connectivity index (χ1) is 13.8. The van der Waals surface area contributed by atoms with Crippen molar-refractivity contribution < 1.29 is 33.8 Å². The Bertz CT molecular complexity index is 711. The van der Waals surface area contributed by atoms with Crippen LogP contribution in [0.15, 0.2) is 24.3 Å². The molecular weight excluding hydrogens is 378 g/mol. The second kappa shape index (κ2) is 11.8. The van der Waals surface area contributed by atoms with Gasteiger partial charge in [0.15, 0.2) is 5.41 Å². The van der Waals surface area contributed by atoms with Gasteiger partial charge in [-0.2, -0.15) is 0 Å². The molecule has 0 aliphatic heterocycles. The van der Waals surface area contributed by atoms with Crippen LogP contribution in [0.1, 0.15) is 63.2 Å². The number of carbonyl (C=O) groups is 4. The van der Waals surface area contributed by atoms with Crippen molar-refractivity contribution >= 4 is 29.5 Å². The number of hydrogen-bond acceptors (Lipinski definition) is 6. The van der Waals surface area contributed by atoms with Crippen molar-refractivity contribution in [2.75, 3.05) is 18.5 Å². The van der Waals surface area contributed by atoms with Crippen LogP contribution in [-0.2, 0) is 23.9 Å². The van der Waals surface area contributed by atoms with Crippen LogP contribution < -0.4 is 5.32 Å². The van der Waals surface area contributed by atoms with Gasteiger partial charge in [-0.25, -0.2) is 4.79 Å². The number of carboxylic acids is 1. The summed E-state index contributed by atoms with van der Waals surface area (Å²) in [5.41, 5.74) is -1.18. The Balaban J connectivity index is 2.98. The van der Waals surface area contributed by atoms with Crippen LogP contribution in [0.4, 0.5) is 5.69 Å². The van der Waals surface area contributed by atoms with Gasteiger partial charge in [0.1, 0.15) is 0 Å². The Kier molecular flexibility index (Phi) is 9.85. The summed E-state index contributed by atoms with van der Waals surface area (Å²) in [5.74, 6) is -2.92. The minimum absolute atomic E-state index is 0.0399. The zero-order chi connectivity index (χ0) is 21.9. The number of unbranched alkanes of at least 4 members (excludes halogenated alkanes) is 1. The third-order valence-corrected chi connectivity index (χ3v) is 4.46. The van der Waals surface area contributed by atoms with Crippen LogP contribution in [0, 0.1) is 5.41 Å². The first-order valence-corrected chi connectivity index (χ1v) is 9.78. The molecule has 0 aliphatic carbocycles. The molecule has 8 nitrogen and oxygen atoms in total. The lowest BCUT2D eigenvalue weighted by atomic mass is 9.78. The minimum Gasteiger partial charge on any atom is -0.478 e. The van der Waals surface area contributed by atoms with Gasteiger partial charge < -0.3 is 19.9 Å². The molecule has 1 amide bonds. The molecule has 0 atom stereocenters. The van der Waals surface area contributed by atoms with Gasteiger partial charge in [-0.1, -0.05) is 25.8 Å². The lowest BCUT2D eigenvalue weighted by molar-refractivity contribution is -0.173. The minimum atomic E-state index is -1.54. The summed E-state index contributed by atoms with van der Waals surface area (Å²) in [6.45, 7) is 5.45. The van der Waals surface area contributed by atoms with Crippen molar-refractivity contribution in [2.45, 2.75) is 52.9 Å². The van der Waals surface area contributed by atoms with E-state index >= 15 is 0 Å². The zero-order valence-corrected chi connectivity index (χ0v) is 17.2.